The summed E-state index contributed by atoms with van der Waals surface area (Å²) in [7, 11) is 0. The number of piperidine rings is 1. The molecular weight excluding hydrogens is 230 g/mol. The van der Waals surface area contributed by atoms with E-state index in [2.05, 4.69) is 20.4 Å². The van der Waals surface area contributed by atoms with Crippen LogP contribution in [0.2, 0.25) is 0 Å². The minimum absolute atomic E-state index is 0.0463. The molecule has 2 rings (SSSR count). The lowest BCUT2D eigenvalue weighted by molar-refractivity contribution is 0.233. The summed E-state index contributed by atoms with van der Waals surface area (Å²) in [5.74, 6) is 1.07. The molecule has 1 aliphatic rings. The van der Waals surface area contributed by atoms with Gasteiger partial charge < -0.3 is 15.9 Å². The summed E-state index contributed by atoms with van der Waals surface area (Å²) >= 11 is 0. The van der Waals surface area contributed by atoms with Gasteiger partial charge in [0.25, 0.3) is 0 Å². The summed E-state index contributed by atoms with van der Waals surface area (Å²) in [6, 6.07) is 0. The van der Waals surface area contributed by atoms with Crippen molar-refractivity contribution in [1.82, 2.24) is 15.0 Å². The van der Waals surface area contributed by atoms with Gasteiger partial charge in [0, 0.05) is 13.1 Å². The van der Waals surface area contributed by atoms with Gasteiger partial charge in [0.05, 0.1) is 6.10 Å². The van der Waals surface area contributed by atoms with Crippen molar-refractivity contribution < 1.29 is 4.74 Å². The van der Waals surface area contributed by atoms with Gasteiger partial charge in [-0.3, -0.25) is 0 Å². The van der Waals surface area contributed by atoms with Crippen LogP contribution < -0.4 is 15.9 Å². The molecule has 0 aromatic carbocycles. The van der Waals surface area contributed by atoms with Gasteiger partial charge in [-0.05, 0) is 26.7 Å². The Hall–Kier alpha value is -1.56. The van der Waals surface area contributed by atoms with E-state index in [1.807, 2.05) is 13.8 Å². The molecular formula is C12H21N5O. The van der Waals surface area contributed by atoms with E-state index in [9.17, 15) is 0 Å². The van der Waals surface area contributed by atoms with Gasteiger partial charge in [0.1, 0.15) is 12.0 Å². The number of aromatic nitrogens is 2. The highest BCUT2D eigenvalue weighted by atomic mass is 16.5. The monoisotopic (exact) mass is 251 g/mol. The maximum atomic E-state index is 6.01. The molecule has 3 N–H and O–H groups in total. The van der Waals surface area contributed by atoms with Crippen LogP contribution in [-0.2, 0) is 0 Å². The first kappa shape index (κ1) is 12.9. The lowest BCUT2D eigenvalue weighted by Gasteiger charge is -2.27. The average Bonchev–Trinajstić information content (AvgIpc) is 2.35. The van der Waals surface area contributed by atoms with E-state index < -0.39 is 0 Å². The maximum absolute atomic E-state index is 6.01. The van der Waals surface area contributed by atoms with Crippen LogP contribution in [0.1, 0.15) is 33.1 Å². The van der Waals surface area contributed by atoms with Gasteiger partial charge >= 0.3 is 0 Å². The van der Waals surface area contributed by atoms with Crippen LogP contribution in [0.25, 0.3) is 0 Å². The predicted molar refractivity (Wildman–Crippen MR) is 71.3 cm³/mol. The molecule has 18 heavy (non-hydrogen) atoms. The largest absolute Gasteiger partial charge is 0.473 e. The Balaban J connectivity index is 2.07. The van der Waals surface area contributed by atoms with Crippen molar-refractivity contribution in [2.45, 2.75) is 39.2 Å². The Kier molecular flexibility index (Phi) is 4.19. The van der Waals surface area contributed by atoms with Gasteiger partial charge in [0.15, 0.2) is 5.82 Å². The van der Waals surface area contributed by atoms with E-state index in [1.54, 1.807) is 0 Å². The number of hydrazine groups is 1. The van der Waals surface area contributed by atoms with Crippen molar-refractivity contribution in [2.24, 2.45) is 0 Å². The third-order valence-corrected chi connectivity index (χ3v) is 2.81. The van der Waals surface area contributed by atoms with Crippen LogP contribution in [0.15, 0.2) is 6.33 Å². The fourth-order valence-electron chi connectivity index (χ4n) is 1.94. The summed E-state index contributed by atoms with van der Waals surface area (Å²) < 4.78 is 5.54. The Morgan fingerprint density at radius 1 is 1.28 bits per heavy atom. The van der Waals surface area contributed by atoms with Gasteiger partial charge in [0.2, 0.25) is 5.88 Å². The lowest BCUT2D eigenvalue weighted by atomic mass is 10.2. The normalized spacial score (nSPS) is 16.8. The topological polar surface area (TPSA) is 76.3 Å². The highest BCUT2D eigenvalue weighted by molar-refractivity contribution is 5.65. The highest BCUT2D eigenvalue weighted by Crippen LogP contribution is 2.26. The van der Waals surface area contributed by atoms with Crippen molar-refractivity contribution in [3.8, 4) is 5.88 Å². The number of ether oxygens (including phenoxy) is 1. The van der Waals surface area contributed by atoms with Gasteiger partial charge in [-0.25, -0.2) is 9.99 Å². The second kappa shape index (κ2) is 5.86. The van der Waals surface area contributed by atoms with E-state index in [4.69, 9.17) is 10.5 Å². The van der Waals surface area contributed by atoms with Crippen LogP contribution >= 0.6 is 0 Å². The predicted octanol–water partition coefficient (Wildman–Crippen LogP) is 1.66. The van der Waals surface area contributed by atoms with Crippen molar-refractivity contribution >= 4 is 11.5 Å². The van der Waals surface area contributed by atoms with Crippen LogP contribution in [0.5, 0.6) is 5.88 Å². The number of nitrogens with one attached hydrogen (secondary N) is 1. The standard InChI is InChI=1S/C12H21N5O/c1-9(2)18-12-10(13)11(14-8-15-12)16-17-6-4-3-5-7-17/h8-9H,3-7,13H2,1-2H3,(H,14,15,16). The highest BCUT2D eigenvalue weighted by Gasteiger charge is 2.15. The number of nitrogens with two attached hydrogens (primary N) is 1. The molecule has 1 fully saturated rings. The summed E-state index contributed by atoms with van der Waals surface area (Å²) in [5, 5.41) is 2.14. The number of nitrogens with zero attached hydrogens (tertiary/aromatic N) is 3. The smallest absolute Gasteiger partial charge is 0.242 e. The quantitative estimate of drug-likeness (QED) is 0.847. The SMILES string of the molecule is CC(C)Oc1ncnc(NN2CCCCC2)c1N. The van der Waals surface area contributed by atoms with Crippen molar-refractivity contribution in [3.63, 3.8) is 0 Å². The van der Waals surface area contributed by atoms with Crippen molar-refractivity contribution in [1.29, 1.82) is 0 Å². The summed E-state index contributed by atoms with van der Waals surface area (Å²) in [4.78, 5) is 8.23. The molecule has 0 spiro atoms. The first-order valence-corrected chi connectivity index (χ1v) is 6.45. The van der Waals surface area contributed by atoms with Crippen LogP contribution in [0, 0.1) is 0 Å². The Morgan fingerprint density at radius 3 is 2.67 bits per heavy atom. The molecule has 6 heteroatoms. The van der Waals surface area contributed by atoms with E-state index in [-0.39, 0.29) is 6.10 Å². The van der Waals surface area contributed by atoms with Gasteiger partial charge in [-0.15, -0.1) is 0 Å². The van der Waals surface area contributed by atoms with Crippen molar-refractivity contribution in [3.05, 3.63) is 6.33 Å². The number of hydrogen-bond donors (Lipinski definition) is 2. The van der Waals surface area contributed by atoms with E-state index >= 15 is 0 Å². The molecule has 1 aromatic heterocycles. The molecule has 2 heterocycles. The van der Waals surface area contributed by atoms with Gasteiger partial charge in [-0.1, -0.05) is 6.42 Å². The maximum Gasteiger partial charge on any atom is 0.242 e. The minimum Gasteiger partial charge on any atom is -0.473 e. The summed E-state index contributed by atoms with van der Waals surface area (Å²) in [6.45, 7) is 5.92. The fraction of sp³-hybridized carbons (Fsp3) is 0.667. The molecule has 0 radical (unpaired) electrons. The Bertz CT molecular complexity index is 390. The molecule has 6 nitrogen and oxygen atoms in total. The molecule has 0 bridgehead atoms. The Morgan fingerprint density at radius 2 is 2.00 bits per heavy atom. The second-order valence-corrected chi connectivity index (χ2v) is 4.77. The molecule has 0 aliphatic carbocycles. The van der Waals surface area contributed by atoms with Crippen LogP contribution in [0.4, 0.5) is 11.5 Å². The lowest BCUT2D eigenvalue weighted by Crippen LogP contribution is -2.35. The molecule has 0 unspecified atom stereocenters. The summed E-state index contributed by atoms with van der Waals surface area (Å²) in [6.07, 6.45) is 5.21. The van der Waals surface area contributed by atoms with E-state index in [0.29, 0.717) is 17.4 Å². The molecule has 1 aromatic rings. The fourth-order valence-corrected chi connectivity index (χ4v) is 1.94. The molecule has 1 saturated heterocycles. The number of nitrogen functional groups attached to an aromatic ring is 1. The first-order valence-electron chi connectivity index (χ1n) is 6.45. The van der Waals surface area contributed by atoms with Crippen LogP contribution in [-0.4, -0.2) is 34.2 Å². The molecule has 1 aliphatic heterocycles. The van der Waals surface area contributed by atoms with E-state index in [0.717, 1.165) is 13.1 Å². The third kappa shape index (κ3) is 3.22. The van der Waals surface area contributed by atoms with E-state index in [1.165, 1.54) is 25.6 Å². The number of rotatable bonds is 4. The zero-order valence-corrected chi connectivity index (χ0v) is 11.0. The van der Waals surface area contributed by atoms with Crippen LogP contribution in [0.3, 0.4) is 0 Å². The van der Waals surface area contributed by atoms with Gasteiger partial charge in [-0.2, -0.15) is 4.98 Å². The zero-order chi connectivity index (χ0) is 13.0. The first-order chi connectivity index (χ1) is 8.66. The number of anilines is 2. The molecule has 0 atom stereocenters. The number of hydrogen-bond acceptors (Lipinski definition) is 6. The summed E-state index contributed by atoms with van der Waals surface area (Å²) in [5.41, 5.74) is 9.72. The minimum atomic E-state index is 0.0463. The molecule has 0 saturated carbocycles. The average molecular weight is 251 g/mol. The second-order valence-electron chi connectivity index (χ2n) is 4.77. The molecule has 100 valence electrons. The third-order valence-electron chi connectivity index (χ3n) is 2.81. The van der Waals surface area contributed by atoms with Crippen molar-refractivity contribution in [2.75, 3.05) is 24.2 Å². The zero-order valence-electron chi connectivity index (χ0n) is 11.0. The Labute approximate surface area is 108 Å². The molecule has 0 amide bonds.